The van der Waals surface area contributed by atoms with Gasteiger partial charge in [-0.05, 0) is 75.5 Å². The maximum Gasteiger partial charge on any atom is 0.0921 e. The number of aromatic amines is 1. The molecule has 1 saturated heterocycles. The van der Waals surface area contributed by atoms with Crippen LogP contribution in [-0.2, 0) is 6.42 Å². The second kappa shape index (κ2) is 8.37. The monoisotopic (exact) mass is 332 g/mol. The Morgan fingerprint density at radius 1 is 1.22 bits per heavy atom. The Labute approximate surface area is 143 Å². The van der Waals surface area contributed by atoms with Crippen LogP contribution in [-0.4, -0.2) is 41.0 Å². The van der Waals surface area contributed by atoms with Gasteiger partial charge in [-0.3, -0.25) is 0 Å². The highest BCUT2D eigenvalue weighted by Crippen LogP contribution is 2.21. The number of piperidine rings is 1. The van der Waals surface area contributed by atoms with Gasteiger partial charge < -0.3 is 15.2 Å². The lowest BCUT2D eigenvalue weighted by Crippen LogP contribution is -2.35. The highest BCUT2D eigenvalue weighted by atomic mass is 35.5. The van der Waals surface area contributed by atoms with E-state index in [2.05, 4.69) is 20.2 Å². The predicted molar refractivity (Wildman–Crippen MR) is 96.0 cm³/mol. The molecule has 124 valence electrons. The summed E-state index contributed by atoms with van der Waals surface area (Å²) in [5, 5.41) is 4.24. The molecule has 0 spiro atoms. The van der Waals surface area contributed by atoms with E-state index in [4.69, 9.17) is 11.6 Å². The van der Waals surface area contributed by atoms with Crippen LogP contribution in [0.5, 0.6) is 0 Å². The van der Waals surface area contributed by atoms with E-state index in [1.165, 1.54) is 44.6 Å². The third kappa shape index (κ3) is 5.26. The lowest BCUT2D eigenvalue weighted by molar-refractivity contribution is 0.183. The molecule has 2 N–H and O–H groups in total. The summed E-state index contributed by atoms with van der Waals surface area (Å²) in [5.41, 5.74) is 2.42. The fourth-order valence-corrected chi connectivity index (χ4v) is 3.35. The summed E-state index contributed by atoms with van der Waals surface area (Å²) in [6, 6.07) is 7.91. The van der Waals surface area contributed by atoms with Crippen molar-refractivity contribution in [2.75, 3.05) is 31.5 Å². The predicted octanol–water partition coefficient (Wildman–Crippen LogP) is 3.82. The van der Waals surface area contributed by atoms with Gasteiger partial charge in [0.25, 0.3) is 0 Å². The van der Waals surface area contributed by atoms with Crippen molar-refractivity contribution in [1.82, 2.24) is 14.9 Å². The van der Waals surface area contributed by atoms with E-state index in [0.29, 0.717) is 0 Å². The lowest BCUT2D eigenvalue weighted by Gasteiger charge is -2.31. The Hall–Kier alpha value is -1.52. The van der Waals surface area contributed by atoms with Crippen molar-refractivity contribution in [3.05, 3.63) is 47.5 Å². The maximum atomic E-state index is 5.89. The van der Waals surface area contributed by atoms with Crippen LogP contribution in [0.15, 0.2) is 36.8 Å². The molecule has 1 fully saturated rings. The summed E-state index contributed by atoms with van der Waals surface area (Å²) in [5.74, 6) is 0.805. The first-order valence-corrected chi connectivity index (χ1v) is 8.86. The van der Waals surface area contributed by atoms with Gasteiger partial charge in [0.2, 0.25) is 0 Å². The molecular weight excluding hydrogens is 308 g/mol. The van der Waals surface area contributed by atoms with E-state index in [-0.39, 0.29) is 0 Å². The lowest BCUT2D eigenvalue weighted by atomic mass is 9.92. The molecule has 0 atom stereocenters. The van der Waals surface area contributed by atoms with Crippen molar-refractivity contribution in [2.24, 2.45) is 5.92 Å². The smallest absolute Gasteiger partial charge is 0.0921 e. The second-order valence-electron chi connectivity index (χ2n) is 6.35. The Kier molecular flexibility index (Phi) is 5.94. The number of hydrogen-bond acceptors (Lipinski definition) is 3. The molecule has 2 heterocycles. The Morgan fingerprint density at radius 3 is 2.70 bits per heavy atom. The molecule has 1 aromatic carbocycles. The third-order valence-electron chi connectivity index (χ3n) is 4.60. The van der Waals surface area contributed by atoms with Gasteiger partial charge in [0.15, 0.2) is 0 Å². The molecule has 5 heteroatoms. The molecule has 1 aromatic heterocycles. The molecular formula is C18H25ClN4. The van der Waals surface area contributed by atoms with Crippen molar-refractivity contribution in [3.8, 4) is 0 Å². The normalized spacial score (nSPS) is 16.6. The summed E-state index contributed by atoms with van der Waals surface area (Å²) in [4.78, 5) is 9.91. The number of nitrogens with one attached hydrogen (secondary N) is 2. The van der Waals surface area contributed by atoms with Crippen LogP contribution >= 0.6 is 11.6 Å². The molecule has 0 saturated carbocycles. The van der Waals surface area contributed by atoms with Gasteiger partial charge in [-0.15, -0.1) is 0 Å². The van der Waals surface area contributed by atoms with Gasteiger partial charge in [0, 0.05) is 29.1 Å². The number of likely N-dealkylation sites (tertiary alicyclic amines) is 1. The molecule has 2 aromatic rings. The number of rotatable bonds is 7. The number of anilines is 1. The van der Waals surface area contributed by atoms with Crippen LogP contribution < -0.4 is 5.32 Å². The van der Waals surface area contributed by atoms with E-state index in [0.717, 1.165) is 29.6 Å². The molecule has 0 aliphatic carbocycles. The zero-order valence-corrected chi connectivity index (χ0v) is 14.2. The summed E-state index contributed by atoms with van der Waals surface area (Å²) < 4.78 is 0. The standard InChI is InChI=1S/C18H25ClN4/c19-16-2-4-17(5-3-16)21-8-1-9-23-10-6-15(7-11-23)12-18-13-20-14-22-18/h2-5,13-15,21H,1,6-12H2,(H,20,22). The fraction of sp³-hybridized carbons (Fsp3) is 0.500. The molecule has 1 aliphatic rings. The molecule has 3 rings (SSSR count). The van der Waals surface area contributed by atoms with Crippen LogP contribution in [0.25, 0.3) is 0 Å². The molecule has 4 nitrogen and oxygen atoms in total. The van der Waals surface area contributed by atoms with Crippen molar-refractivity contribution in [3.63, 3.8) is 0 Å². The zero-order chi connectivity index (χ0) is 15.9. The van der Waals surface area contributed by atoms with Gasteiger partial charge in [-0.1, -0.05) is 11.6 Å². The highest BCUT2D eigenvalue weighted by Gasteiger charge is 2.19. The fourth-order valence-electron chi connectivity index (χ4n) is 3.22. The van der Waals surface area contributed by atoms with Crippen LogP contribution in [0.4, 0.5) is 5.69 Å². The van der Waals surface area contributed by atoms with Gasteiger partial charge in [-0.25, -0.2) is 4.98 Å². The SMILES string of the molecule is Clc1ccc(NCCCN2CCC(Cc3cnc[nH]3)CC2)cc1. The molecule has 1 aliphatic heterocycles. The van der Waals surface area contributed by atoms with Gasteiger partial charge in [0.1, 0.15) is 0 Å². The summed E-state index contributed by atoms with van der Waals surface area (Å²) in [7, 11) is 0. The first-order valence-electron chi connectivity index (χ1n) is 8.48. The summed E-state index contributed by atoms with van der Waals surface area (Å²) in [6.45, 7) is 4.63. The molecule has 0 unspecified atom stereocenters. The Morgan fingerprint density at radius 2 is 2.00 bits per heavy atom. The number of hydrogen-bond donors (Lipinski definition) is 2. The van der Waals surface area contributed by atoms with Gasteiger partial charge >= 0.3 is 0 Å². The van der Waals surface area contributed by atoms with Crippen molar-refractivity contribution >= 4 is 17.3 Å². The number of H-pyrrole nitrogens is 1. The first-order chi connectivity index (χ1) is 11.3. The number of nitrogens with zero attached hydrogens (tertiary/aromatic N) is 2. The van der Waals surface area contributed by atoms with E-state index >= 15 is 0 Å². The van der Waals surface area contributed by atoms with Crippen LogP contribution in [0, 0.1) is 5.92 Å². The van der Waals surface area contributed by atoms with Crippen molar-refractivity contribution in [1.29, 1.82) is 0 Å². The minimum absolute atomic E-state index is 0.786. The van der Waals surface area contributed by atoms with Crippen LogP contribution in [0.3, 0.4) is 0 Å². The second-order valence-corrected chi connectivity index (χ2v) is 6.79. The minimum atomic E-state index is 0.786. The molecule has 0 radical (unpaired) electrons. The van der Waals surface area contributed by atoms with E-state index in [1.807, 2.05) is 30.5 Å². The van der Waals surface area contributed by atoms with E-state index < -0.39 is 0 Å². The number of imidazole rings is 1. The minimum Gasteiger partial charge on any atom is -0.385 e. The Balaban J connectivity index is 1.29. The number of halogens is 1. The van der Waals surface area contributed by atoms with E-state index in [9.17, 15) is 0 Å². The summed E-state index contributed by atoms with van der Waals surface area (Å²) in [6.07, 6.45) is 8.64. The van der Waals surface area contributed by atoms with E-state index in [1.54, 1.807) is 6.33 Å². The van der Waals surface area contributed by atoms with Crippen molar-refractivity contribution < 1.29 is 0 Å². The zero-order valence-electron chi connectivity index (χ0n) is 13.5. The molecule has 0 bridgehead atoms. The molecule has 23 heavy (non-hydrogen) atoms. The summed E-state index contributed by atoms with van der Waals surface area (Å²) >= 11 is 5.89. The topological polar surface area (TPSA) is 44.0 Å². The van der Waals surface area contributed by atoms with Gasteiger partial charge in [0.05, 0.1) is 6.33 Å². The quantitative estimate of drug-likeness (QED) is 0.757. The van der Waals surface area contributed by atoms with Crippen molar-refractivity contribution in [2.45, 2.75) is 25.7 Å². The average Bonchev–Trinajstić information content (AvgIpc) is 3.08. The highest BCUT2D eigenvalue weighted by molar-refractivity contribution is 6.30. The maximum absolute atomic E-state index is 5.89. The van der Waals surface area contributed by atoms with Crippen LogP contribution in [0.2, 0.25) is 5.02 Å². The van der Waals surface area contributed by atoms with Gasteiger partial charge in [-0.2, -0.15) is 0 Å². The first kappa shape index (κ1) is 16.3. The average molecular weight is 333 g/mol. The largest absolute Gasteiger partial charge is 0.385 e. The number of aromatic nitrogens is 2. The number of benzene rings is 1. The van der Waals surface area contributed by atoms with Crippen LogP contribution in [0.1, 0.15) is 25.0 Å². The third-order valence-corrected chi connectivity index (χ3v) is 4.85. The molecule has 0 amide bonds. The Bertz CT molecular complexity index is 559.